The van der Waals surface area contributed by atoms with E-state index >= 15 is 0 Å². The molecule has 5 nitrogen and oxygen atoms in total. The van der Waals surface area contributed by atoms with Crippen LogP contribution in [0, 0.1) is 0 Å². The average Bonchev–Trinajstić information content (AvgIpc) is 2.90. The van der Waals surface area contributed by atoms with Gasteiger partial charge in [-0.2, -0.15) is 0 Å². The number of amides is 1. The Hall–Kier alpha value is -1.27. The van der Waals surface area contributed by atoms with E-state index < -0.39 is 21.5 Å². The lowest BCUT2D eigenvalue weighted by molar-refractivity contribution is -0.128. The zero-order valence-electron chi connectivity index (χ0n) is 11.6. The first-order valence-corrected chi connectivity index (χ1v) is 8.94. The molecule has 0 bridgehead atoms. The lowest BCUT2D eigenvalue weighted by Crippen LogP contribution is -2.51. The molecule has 1 aromatic rings. The Labute approximate surface area is 128 Å². The summed E-state index contributed by atoms with van der Waals surface area (Å²) in [6.45, 7) is 1.76. The quantitative estimate of drug-likeness (QED) is 0.888. The molecule has 0 saturated carbocycles. The van der Waals surface area contributed by atoms with Gasteiger partial charge in [-0.25, -0.2) is 8.42 Å². The van der Waals surface area contributed by atoms with Crippen LogP contribution in [0.25, 0.3) is 0 Å². The second-order valence-corrected chi connectivity index (χ2v) is 8.58. The molecular formula is C14H16ClNO4S. The SMILES string of the molecule is C[C@]1(NC(=O)[C@@H]2Cc3cc(Cl)ccc3O2)CCS(=O)(=O)C1. The number of nitrogens with one attached hydrogen (secondary N) is 1. The van der Waals surface area contributed by atoms with E-state index in [-0.39, 0.29) is 17.4 Å². The van der Waals surface area contributed by atoms with Gasteiger partial charge < -0.3 is 10.1 Å². The summed E-state index contributed by atoms with van der Waals surface area (Å²) in [6.07, 6.45) is 0.260. The third kappa shape index (κ3) is 3.01. The number of hydrogen-bond acceptors (Lipinski definition) is 4. The molecule has 7 heteroatoms. The van der Waals surface area contributed by atoms with Gasteiger partial charge in [0.15, 0.2) is 15.9 Å². The van der Waals surface area contributed by atoms with E-state index in [4.69, 9.17) is 16.3 Å². The van der Waals surface area contributed by atoms with E-state index in [1.165, 1.54) is 0 Å². The fourth-order valence-corrected chi connectivity index (χ4v) is 5.14. The molecule has 0 radical (unpaired) electrons. The molecule has 1 fully saturated rings. The van der Waals surface area contributed by atoms with Crippen LogP contribution in [0.15, 0.2) is 18.2 Å². The predicted octanol–water partition coefficient (Wildman–Crippen LogP) is 1.34. The zero-order valence-corrected chi connectivity index (χ0v) is 13.1. The molecule has 2 aliphatic rings. The number of fused-ring (bicyclic) bond motifs is 1. The fraction of sp³-hybridized carbons (Fsp3) is 0.500. The number of sulfone groups is 1. The maximum absolute atomic E-state index is 12.3. The van der Waals surface area contributed by atoms with E-state index in [2.05, 4.69) is 5.32 Å². The van der Waals surface area contributed by atoms with Crippen molar-refractivity contribution >= 4 is 27.3 Å². The molecule has 1 saturated heterocycles. The highest BCUT2D eigenvalue weighted by molar-refractivity contribution is 7.91. The molecule has 0 aliphatic carbocycles. The first kappa shape index (κ1) is 14.7. The van der Waals surface area contributed by atoms with Crippen LogP contribution in [0.5, 0.6) is 5.75 Å². The van der Waals surface area contributed by atoms with Gasteiger partial charge in [-0.1, -0.05) is 11.6 Å². The number of carbonyl (C=O) groups excluding carboxylic acids is 1. The average molecular weight is 330 g/mol. The largest absolute Gasteiger partial charge is 0.480 e. The molecule has 114 valence electrons. The Kier molecular flexibility index (Phi) is 3.41. The Morgan fingerprint density at radius 2 is 2.24 bits per heavy atom. The van der Waals surface area contributed by atoms with Crippen LogP contribution >= 0.6 is 11.6 Å². The summed E-state index contributed by atoms with van der Waals surface area (Å²) < 4.78 is 28.7. The number of benzene rings is 1. The molecule has 1 amide bonds. The molecule has 3 rings (SSSR count). The van der Waals surface area contributed by atoms with Crippen molar-refractivity contribution < 1.29 is 17.9 Å². The molecular weight excluding hydrogens is 314 g/mol. The van der Waals surface area contributed by atoms with Crippen molar-refractivity contribution in [2.24, 2.45) is 0 Å². The smallest absolute Gasteiger partial charge is 0.261 e. The van der Waals surface area contributed by atoms with Crippen molar-refractivity contribution in [2.45, 2.75) is 31.4 Å². The number of rotatable bonds is 2. The van der Waals surface area contributed by atoms with Crippen LogP contribution in [0.2, 0.25) is 5.02 Å². The van der Waals surface area contributed by atoms with Gasteiger partial charge in [-0.3, -0.25) is 4.79 Å². The van der Waals surface area contributed by atoms with E-state index in [0.29, 0.717) is 23.6 Å². The highest BCUT2D eigenvalue weighted by Crippen LogP contribution is 2.32. The van der Waals surface area contributed by atoms with E-state index in [1.807, 2.05) is 0 Å². The van der Waals surface area contributed by atoms with Crippen molar-refractivity contribution in [3.05, 3.63) is 28.8 Å². The summed E-state index contributed by atoms with van der Waals surface area (Å²) in [4.78, 5) is 12.3. The van der Waals surface area contributed by atoms with E-state index in [9.17, 15) is 13.2 Å². The van der Waals surface area contributed by atoms with E-state index in [1.54, 1.807) is 25.1 Å². The Morgan fingerprint density at radius 1 is 1.48 bits per heavy atom. The van der Waals surface area contributed by atoms with Gasteiger partial charge in [-0.05, 0) is 37.1 Å². The van der Waals surface area contributed by atoms with Crippen molar-refractivity contribution in [1.82, 2.24) is 5.32 Å². The van der Waals surface area contributed by atoms with Gasteiger partial charge in [-0.15, -0.1) is 0 Å². The van der Waals surface area contributed by atoms with Gasteiger partial charge in [0.05, 0.1) is 17.0 Å². The molecule has 2 aliphatic heterocycles. The Bertz CT molecular complexity index is 703. The second kappa shape index (κ2) is 4.88. The van der Waals surface area contributed by atoms with Crippen molar-refractivity contribution in [1.29, 1.82) is 0 Å². The topological polar surface area (TPSA) is 72.5 Å². The zero-order chi connectivity index (χ0) is 15.3. The summed E-state index contributed by atoms with van der Waals surface area (Å²) >= 11 is 5.92. The summed E-state index contributed by atoms with van der Waals surface area (Å²) in [5, 5.41) is 3.43. The maximum Gasteiger partial charge on any atom is 0.261 e. The van der Waals surface area contributed by atoms with Crippen LogP contribution < -0.4 is 10.1 Å². The minimum Gasteiger partial charge on any atom is -0.480 e. The summed E-state index contributed by atoms with van der Waals surface area (Å²) in [7, 11) is -3.06. The first-order valence-electron chi connectivity index (χ1n) is 6.74. The number of halogens is 1. The van der Waals surface area contributed by atoms with Crippen LogP contribution in [-0.4, -0.2) is 37.5 Å². The third-order valence-corrected chi connectivity index (χ3v) is 6.06. The van der Waals surface area contributed by atoms with Gasteiger partial charge in [0.2, 0.25) is 0 Å². The van der Waals surface area contributed by atoms with Crippen LogP contribution in [0.4, 0.5) is 0 Å². The molecule has 21 heavy (non-hydrogen) atoms. The Morgan fingerprint density at radius 3 is 2.90 bits per heavy atom. The molecule has 1 N–H and O–H groups in total. The first-order chi connectivity index (χ1) is 9.76. The molecule has 1 aromatic carbocycles. The predicted molar refractivity (Wildman–Crippen MR) is 79.4 cm³/mol. The highest BCUT2D eigenvalue weighted by Gasteiger charge is 2.41. The van der Waals surface area contributed by atoms with Crippen molar-refractivity contribution in [3.63, 3.8) is 0 Å². The second-order valence-electron chi connectivity index (χ2n) is 5.95. The van der Waals surface area contributed by atoms with Crippen LogP contribution in [0.1, 0.15) is 18.9 Å². The van der Waals surface area contributed by atoms with Crippen LogP contribution in [0.3, 0.4) is 0 Å². The van der Waals surface area contributed by atoms with Gasteiger partial charge in [0.1, 0.15) is 5.75 Å². The molecule has 2 atom stereocenters. The standard InChI is InChI=1S/C14H16ClNO4S/c1-14(4-5-21(18,19)8-14)16-13(17)12-7-9-6-10(15)2-3-11(9)20-12/h2-3,6,12H,4-5,7-8H2,1H3,(H,16,17)/t12-,14-/m0/s1. The van der Waals surface area contributed by atoms with Gasteiger partial charge in [0.25, 0.3) is 5.91 Å². The number of carbonyl (C=O) groups is 1. The van der Waals surface area contributed by atoms with Crippen molar-refractivity contribution in [3.8, 4) is 5.75 Å². The van der Waals surface area contributed by atoms with Gasteiger partial charge in [0, 0.05) is 11.4 Å². The summed E-state index contributed by atoms with van der Waals surface area (Å²) in [5.41, 5.74) is 0.193. The summed E-state index contributed by atoms with van der Waals surface area (Å²) in [6, 6.07) is 5.24. The fourth-order valence-electron chi connectivity index (χ4n) is 2.85. The third-order valence-electron chi connectivity index (χ3n) is 3.92. The van der Waals surface area contributed by atoms with E-state index in [0.717, 1.165) is 5.56 Å². The number of ether oxygens (including phenoxy) is 1. The molecule has 0 unspecified atom stereocenters. The van der Waals surface area contributed by atoms with Crippen LogP contribution in [-0.2, 0) is 21.1 Å². The minimum absolute atomic E-state index is 0.0166. The van der Waals surface area contributed by atoms with Crippen molar-refractivity contribution in [2.75, 3.05) is 11.5 Å². The lowest BCUT2D eigenvalue weighted by atomic mass is 10.0. The highest BCUT2D eigenvalue weighted by atomic mass is 35.5. The normalized spacial score (nSPS) is 29.7. The molecule has 2 heterocycles. The maximum atomic E-state index is 12.3. The van der Waals surface area contributed by atoms with Gasteiger partial charge >= 0.3 is 0 Å². The summed E-state index contributed by atoms with van der Waals surface area (Å²) in [5.74, 6) is 0.480. The lowest BCUT2D eigenvalue weighted by Gasteiger charge is -2.25. The minimum atomic E-state index is -3.06. The monoisotopic (exact) mass is 329 g/mol. The Balaban J connectivity index is 1.68. The molecule has 0 spiro atoms. The molecule has 0 aromatic heterocycles. The number of hydrogen-bond donors (Lipinski definition) is 1.